The first kappa shape index (κ1) is 14.8. The molecule has 0 saturated carbocycles. The largest absolute Gasteiger partial charge is 0.357 e. The molecule has 1 rings (SSSR count). The molecule has 2 N–H and O–H groups in total. The van der Waals surface area contributed by atoms with Crippen LogP contribution >= 0.6 is 0 Å². The van der Waals surface area contributed by atoms with Crippen molar-refractivity contribution >= 4 is 16.0 Å². The van der Waals surface area contributed by atoms with Gasteiger partial charge < -0.3 is 5.32 Å². The highest BCUT2D eigenvalue weighted by Gasteiger charge is 2.25. The Kier molecular flexibility index (Phi) is 4.64. The van der Waals surface area contributed by atoms with Crippen LogP contribution in [0.1, 0.15) is 33.6 Å². The zero-order valence-electron chi connectivity index (χ0n) is 11.2. The lowest BCUT2D eigenvalue weighted by Crippen LogP contribution is -2.43. The van der Waals surface area contributed by atoms with Crippen molar-refractivity contribution in [3.05, 3.63) is 12.4 Å². The van der Waals surface area contributed by atoms with Gasteiger partial charge in [-0.1, -0.05) is 13.3 Å². The van der Waals surface area contributed by atoms with Crippen LogP contribution in [0.15, 0.2) is 17.3 Å². The molecule has 0 saturated heterocycles. The van der Waals surface area contributed by atoms with Crippen molar-refractivity contribution in [1.29, 1.82) is 0 Å². The van der Waals surface area contributed by atoms with Gasteiger partial charge >= 0.3 is 0 Å². The topological polar surface area (TPSA) is 84.0 Å². The monoisotopic (exact) mass is 272 g/mol. The van der Waals surface area contributed by atoms with Crippen molar-refractivity contribution in [1.82, 2.24) is 14.7 Å². The first-order valence-electron chi connectivity index (χ1n) is 5.84. The standard InChI is InChI=1S/C11H20N4O2S/c1-5-6-11(2,3)15-18(16,17)9-7-13-10(12-4)14-8-9/h7-8,15H,5-6H2,1-4H3,(H,12,13,14). The Bertz CT molecular complexity index is 482. The second-order valence-electron chi connectivity index (χ2n) is 4.73. The molecule has 0 aliphatic carbocycles. The van der Waals surface area contributed by atoms with Gasteiger partial charge in [0.15, 0.2) is 0 Å². The number of nitrogens with zero attached hydrogens (tertiary/aromatic N) is 2. The summed E-state index contributed by atoms with van der Waals surface area (Å²) in [6, 6.07) is 0. The highest BCUT2D eigenvalue weighted by atomic mass is 32.2. The van der Waals surface area contributed by atoms with Crippen LogP contribution in [0, 0.1) is 0 Å². The number of nitrogens with one attached hydrogen (secondary N) is 2. The van der Waals surface area contributed by atoms with Crippen LogP contribution in [-0.4, -0.2) is 31.0 Å². The van der Waals surface area contributed by atoms with Crippen LogP contribution in [-0.2, 0) is 10.0 Å². The summed E-state index contributed by atoms with van der Waals surface area (Å²) in [6.07, 6.45) is 4.26. The molecule has 1 heterocycles. The number of hydrogen-bond acceptors (Lipinski definition) is 5. The summed E-state index contributed by atoms with van der Waals surface area (Å²) in [4.78, 5) is 7.87. The van der Waals surface area contributed by atoms with E-state index in [1.807, 2.05) is 20.8 Å². The normalized spacial score (nSPS) is 12.4. The predicted octanol–water partition coefficient (Wildman–Crippen LogP) is 1.38. The maximum absolute atomic E-state index is 12.1. The van der Waals surface area contributed by atoms with E-state index in [0.717, 1.165) is 12.8 Å². The summed E-state index contributed by atoms with van der Waals surface area (Å²) in [7, 11) is -1.90. The van der Waals surface area contributed by atoms with Gasteiger partial charge in [0.05, 0.1) is 12.4 Å². The van der Waals surface area contributed by atoms with Crippen LogP contribution in [0.3, 0.4) is 0 Å². The number of sulfonamides is 1. The fourth-order valence-electron chi connectivity index (χ4n) is 1.68. The minimum Gasteiger partial charge on any atom is -0.357 e. The van der Waals surface area contributed by atoms with Crippen molar-refractivity contribution in [2.24, 2.45) is 0 Å². The minimum absolute atomic E-state index is 0.0747. The van der Waals surface area contributed by atoms with Crippen molar-refractivity contribution in [3.63, 3.8) is 0 Å². The number of anilines is 1. The zero-order chi connectivity index (χ0) is 13.8. The molecule has 0 aromatic carbocycles. The van der Waals surface area contributed by atoms with Crippen LogP contribution in [0.5, 0.6) is 0 Å². The lowest BCUT2D eigenvalue weighted by molar-refractivity contribution is 0.417. The molecular formula is C11H20N4O2S. The van der Waals surface area contributed by atoms with Gasteiger partial charge in [-0.25, -0.2) is 23.1 Å². The lowest BCUT2D eigenvalue weighted by atomic mass is 10.0. The Morgan fingerprint density at radius 3 is 2.28 bits per heavy atom. The molecule has 0 aliphatic rings. The van der Waals surface area contributed by atoms with Gasteiger partial charge in [-0.05, 0) is 20.3 Å². The molecule has 1 aromatic heterocycles. The van der Waals surface area contributed by atoms with Crippen molar-refractivity contribution in [2.75, 3.05) is 12.4 Å². The quantitative estimate of drug-likeness (QED) is 0.817. The Balaban J connectivity index is 2.92. The Morgan fingerprint density at radius 2 is 1.83 bits per heavy atom. The fraction of sp³-hybridized carbons (Fsp3) is 0.636. The molecular weight excluding hydrogens is 252 g/mol. The summed E-state index contributed by atoms with van der Waals surface area (Å²) in [5.74, 6) is 0.391. The molecule has 0 unspecified atom stereocenters. The smallest absolute Gasteiger partial charge is 0.244 e. The highest BCUT2D eigenvalue weighted by molar-refractivity contribution is 7.89. The van der Waals surface area contributed by atoms with E-state index in [0.29, 0.717) is 5.95 Å². The van der Waals surface area contributed by atoms with Gasteiger partial charge in [-0.15, -0.1) is 0 Å². The average Bonchev–Trinajstić information content (AvgIpc) is 2.27. The van der Waals surface area contributed by atoms with Gasteiger partial charge in [0.25, 0.3) is 0 Å². The van der Waals surface area contributed by atoms with Gasteiger partial charge in [0.1, 0.15) is 4.90 Å². The van der Waals surface area contributed by atoms with E-state index in [1.165, 1.54) is 12.4 Å². The number of rotatable bonds is 6. The summed E-state index contributed by atoms with van der Waals surface area (Å²) >= 11 is 0. The van der Waals surface area contributed by atoms with E-state index >= 15 is 0 Å². The second-order valence-corrected chi connectivity index (χ2v) is 6.41. The van der Waals surface area contributed by atoms with Gasteiger partial charge in [-0.2, -0.15) is 0 Å². The first-order valence-corrected chi connectivity index (χ1v) is 7.33. The summed E-state index contributed by atoms with van der Waals surface area (Å²) < 4.78 is 26.9. The summed E-state index contributed by atoms with van der Waals surface area (Å²) in [6.45, 7) is 5.73. The SMILES string of the molecule is CCCC(C)(C)NS(=O)(=O)c1cnc(NC)nc1. The first-order chi connectivity index (χ1) is 8.30. The second kappa shape index (κ2) is 5.62. The lowest BCUT2D eigenvalue weighted by Gasteiger charge is -2.25. The van der Waals surface area contributed by atoms with Gasteiger partial charge in [0.2, 0.25) is 16.0 Å². The van der Waals surface area contributed by atoms with Crippen molar-refractivity contribution in [3.8, 4) is 0 Å². The molecule has 6 nitrogen and oxygen atoms in total. The third-order valence-electron chi connectivity index (χ3n) is 2.45. The molecule has 0 radical (unpaired) electrons. The van der Waals surface area contributed by atoms with E-state index in [4.69, 9.17) is 0 Å². The molecule has 0 spiro atoms. The molecule has 0 fully saturated rings. The fourth-order valence-corrected chi connectivity index (χ4v) is 3.01. The minimum atomic E-state index is -3.57. The Hall–Kier alpha value is -1.21. The van der Waals surface area contributed by atoms with Crippen LogP contribution < -0.4 is 10.0 Å². The van der Waals surface area contributed by atoms with Crippen LogP contribution in [0.4, 0.5) is 5.95 Å². The maximum atomic E-state index is 12.1. The molecule has 0 atom stereocenters. The maximum Gasteiger partial charge on any atom is 0.244 e. The molecule has 18 heavy (non-hydrogen) atoms. The van der Waals surface area contributed by atoms with Crippen molar-refractivity contribution in [2.45, 2.75) is 44.0 Å². The molecule has 0 bridgehead atoms. The van der Waals surface area contributed by atoms with Crippen LogP contribution in [0.2, 0.25) is 0 Å². The third kappa shape index (κ3) is 3.92. The van der Waals surface area contributed by atoms with Crippen molar-refractivity contribution < 1.29 is 8.42 Å². The van der Waals surface area contributed by atoms with E-state index in [2.05, 4.69) is 20.0 Å². The number of aromatic nitrogens is 2. The van der Waals surface area contributed by atoms with Crippen LogP contribution in [0.25, 0.3) is 0 Å². The van der Waals surface area contributed by atoms with E-state index < -0.39 is 15.6 Å². The Morgan fingerprint density at radius 1 is 1.28 bits per heavy atom. The molecule has 0 aliphatic heterocycles. The summed E-state index contributed by atoms with van der Waals surface area (Å²) in [5, 5.41) is 2.74. The van der Waals surface area contributed by atoms with E-state index in [1.54, 1.807) is 7.05 Å². The Labute approximate surface area is 108 Å². The predicted molar refractivity (Wildman–Crippen MR) is 70.9 cm³/mol. The van der Waals surface area contributed by atoms with E-state index in [9.17, 15) is 8.42 Å². The van der Waals surface area contributed by atoms with E-state index in [-0.39, 0.29) is 4.90 Å². The third-order valence-corrected chi connectivity index (χ3v) is 4.10. The number of hydrogen-bond donors (Lipinski definition) is 2. The molecule has 0 amide bonds. The van der Waals surface area contributed by atoms with Gasteiger partial charge in [0, 0.05) is 12.6 Å². The molecule has 1 aromatic rings. The molecule has 102 valence electrons. The zero-order valence-corrected chi connectivity index (χ0v) is 12.0. The summed E-state index contributed by atoms with van der Waals surface area (Å²) in [5.41, 5.74) is -0.477. The van der Waals surface area contributed by atoms with Gasteiger partial charge in [-0.3, -0.25) is 0 Å². The average molecular weight is 272 g/mol. The highest BCUT2D eigenvalue weighted by Crippen LogP contribution is 2.16. The molecule has 7 heteroatoms.